The number of benzene rings is 2. The molecule has 0 fully saturated rings. The summed E-state index contributed by atoms with van der Waals surface area (Å²) in [5.41, 5.74) is 2.33. The smallest absolute Gasteiger partial charge is 0.337 e. The van der Waals surface area contributed by atoms with Gasteiger partial charge in [-0.1, -0.05) is 48.0 Å². The lowest BCUT2D eigenvalue weighted by Crippen LogP contribution is -2.39. The monoisotopic (exact) mass is 479 g/mol. The normalized spacial score (nSPS) is 13.4. The number of carbonyl (C=O) groups excluding carboxylic acids is 1. The van der Waals surface area contributed by atoms with Gasteiger partial charge >= 0.3 is 5.69 Å². The summed E-state index contributed by atoms with van der Waals surface area (Å²) in [5.74, 6) is 0.00625. The van der Waals surface area contributed by atoms with Crippen LogP contribution in [0, 0.1) is 6.92 Å². The van der Waals surface area contributed by atoms with Crippen molar-refractivity contribution in [3.63, 3.8) is 0 Å². The number of halogens is 1. The van der Waals surface area contributed by atoms with Gasteiger partial charge in [0.25, 0.3) is 5.56 Å². The second-order valence-electron chi connectivity index (χ2n) is 8.25. The van der Waals surface area contributed by atoms with Crippen molar-refractivity contribution >= 4 is 39.1 Å². The number of rotatable bonds is 3. The summed E-state index contributed by atoms with van der Waals surface area (Å²) < 4.78 is 2.92. The number of carbonyl (C=O) groups is 1. The summed E-state index contributed by atoms with van der Waals surface area (Å²) in [6, 6.07) is 15.0. The molecule has 3 heterocycles. The van der Waals surface area contributed by atoms with Gasteiger partial charge in [0.2, 0.25) is 5.91 Å². The summed E-state index contributed by atoms with van der Waals surface area (Å²) >= 11 is 7.77. The Labute approximate surface area is 199 Å². The van der Waals surface area contributed by atoms with Crippen molar-refractivity contribution in [1.82, 2.24) is 14.0 Å². The van der Waals surface area contributed by atoms with E-state index in [1.54, 1.807) is 34.6 Å². The highest BCUT2D eigenvalue weighted by Gasteiger charge is 2.28. The van der Waals surface area contributed by atoms with Gasteiger partial charge in [-0.15, -0.1) is 11.3 Å². The molecule has 0 saturated carbocycles. The number of fused-ring (bicyclic) bond motifs is 3. The first-order valence-corrected chi connectivity index (χ1v) is 11.9. The van der Waals surface area contributed by atoms with E-state index < -0.39 is 5.69 Å². The van der Waals surface area contributed by atoms with Crippen molar-refractivity contribution in [1.29, 1.82) is 0 Å². The number of nitrogens with zero attached hydrogens (tertiary/aromatic N) is 3. The van der Waals surface area contributed by atoms with Crippen molar-refractivity contribution in [3.8, 4) is 5.69 Å². The summed E-state index contributed by atoms with van der Waals surface area (Å²) in [5, 5.41) is 1.06. The first-order chi connectivity index (χ1) is 15.9. The van der Waals surface area contributed by atoms with Crippen LogP contribution < -0.4 is 11.2 Å². The van der Waals surface area contributed by atoms with Gasteiger partial charge in [0.05, 0.1) is 24.2 Å². The minimum Gasteiger partial charge on any atom is -0.337 e. The molecule has 0 atom stereocenters. The third-order valence-corrected chi connectivity index (χ3v) is 7.88. The molecular formula is C25H22ClN3O3S. The van der Waals surface area contributed by atoms with E-state index in [0.29, 0.717) is 52.5 Å². The summed E-state index contributed by atoms with van der Waals surface area (Å²) in [6.45, 7) is 4.72. The Morgan fingerprint density at radius 3 is 2.58 bits per heavy atom. The molecule has 33 heavy (non-hydrogen) atoms. The zero-order valence-corrected chi connectivity index (χ0v) is 19.9. The van der Waals surface area contributed by atoms with Crippen LogP contribution in [-0.2, 0) is 24.3 Å². The van der Waals surface area contributed by atoms with Crippen molar-refractivity contribution in [2.45, 2.75) is 33.4 Å². The van der Waals surface area contributed by atoms with Crippen LogP contribution in [0.15, 0.2) is 58.1 Å². The molecule has 2 aromatic heterocycles. The molecule has 8 heteroatoms. The minimum atomic E-state index is -0.399. The highest BCUT2D eigenvalue weighted by Crippen LogP contribution is 2.33. The molecule has 1 aliphatic heterocycles. The Hall–Kier alpha value is -3.16. The van der Waals surface area contributed by atoms with Crippen LogP contribution in [0.1, 0.15) is 28.5 Å². The topological polar surface area (TPSA) is 64.3 Å². The third-order valence-electron chi connectivity index (χ3n) is 6.23. The molecule has 1 amide bonds. The first kappa shape index (κ1) is 21.7. The van der Waals surface area contributed by atoms with E-state index in [-0.39, 0.29) is 11.5 Å². The molecular weight excluding hydrogens is 458 g/mol. The van der Waals surface area contributed by atoms with Gasteiger partial charge in [-0.05, 0) is 42.2 Å². The van der Waals surface area contributed by atoms with E-state index in [0.717, 1.165) is 16.0 Å². The van der Waals surface area contributed by atoms with Crippen LogP contribution in [0.5, 0.6) is 0 Å². The van der Waals surface area contributed by atoms with Gasteiger partial charge in [0, 0.05) is 23.4 Å². The van der Waals surface area contributed by atoms with Crippen molar-refractivity contribution in [2.75, 3.05) is 6.54 Å². The Morgan fingerprint density at radius 1 is 1.09 bits per heavy atom. The lowest BCUT2D eigenvalue weighted by Gasteiger charge is -2.25. The predicted molar refractivity (Wildman–Crippen MR) is 132 cm³/mol. The number of thiophene rings is 1. The molecule has 2 aromatic carbocycles. The average Bonchev–Trinajstić information content (AvgIpc) is 3.19. The molecule has 0 bridgehead atoms. The molecule has 0 saturated heterocycles. The van der Waals surface area contributed by atoms with Gasteiger partial charge in [0.15, 0.2) is 0 Å². The van der Waals surface area contributed by atoms with Crippen LogP contribution in [-0.4, -0.2) is 26.5 Å². The molecule has 168 valence electrons. The number of amides is 1. The average molecular weight is 480 g/mol. The molecule has 4 aromatic rings. The summed E-state index contributed by atoms with van der Waals surface area (Å²) in [7, 11) is 0. The van der Waals surface area contributed by atoms with E-state index in [1.807, 2.05) is 37.3 Å². The Balaban J connectivity index is 1.83. The number of hydrogen-bond donors (Lipinski definition) is 0. The van der Waals surface area contributed by atoms with Crippen LogP contribution in [0.25, 0.3) is 15.9 Å². The van der Waals surface area contributed by atoms with Crippen molar-refractivity contribution < 1.29 is 4.79 Å². The Kier molecular flexibility index (Phi) is 5.46. The summed E-state index contributed by atoms with van der Waals surface area (Å²) in [6.07, 6.45) is 0.586. The van der Waals surface area contributed by atoms with E-state index >= 15 is 0 Å². The van der Waals surface area contributed by atoms with Crippen LogP contribution >= 0.6 is 22.9 Å². The fraction of sp³-hybridized carbons (Fsp3) is 0.240. The summed E-state index contributed by atoms with van der Waals surface area (Å²) in [4.78, 5) is 42.9. The fourth-order valence-electron chi connectivity index (χ4n) is 4.43. The first-order valence-electron chi connectivity index (χ1n) is 10.7. The van der Waals surface area contributed by atoms with Gasteiger partial charge < -0.3 is 4.90 Å². The predicted octanol–water partition coefficient (Wildman–Crippen LogP) is 4.13. The van der Waals surface area contributed by atoms with Crippen LogP contribution in [0.2, 0.25) is 5.02 Å². The van der Waals surface area contributed by atoms with E-state index in [4.69, 9.17) is 11.6 Å². The van der Waals surface area contributed by atoms with E-state index in [9.17, 15) is 14.4 Å². The SMILES string of the molecule is CC(=O)N1CCc2c(sc3c2c(=O)n(-c2cccc(Cl)c2C)c(=O)n3Cc2ccccc2)C1. The van der Waals surface area contributed by atoms with Gasteiger partial charge in [-0.2, -0.15) is 0 Å². The maximum atomic E-state index is 13.8. The molecule has 1 aliphatic rings. The van der Waals surface area contributed by atoms with Gasteiger partial charge in [-0.25, -0.2) is 9.36 Å². The third kappa shape index (κ3) is 3.61. The Bertz CT molecular complexity index is 1520. The van der Waals surface area contributed by atoms with Crippen molar-refractivity contribution in [3.05, 3.63) is 96.0 Å². The number of aromatic nitrogens is 2. The quantitative estimate of drug-likeness (QED) is 0.444. The maximum Gasteiger partial charge on any atom is 0.337 e. The molecule has 0 spiro atoms. The highest BCUT2D eigenvalue weighted by atomic mass is 35.5. The Morgan fingerprint density at radius 2 is 1.85 bits per heavy atom. The zero-order chi connectivity index (χ0) is 23.3. The van der Waals surface area contributed by atoms with Gasteiger partial charge in [-0.3, -0.25) is 14.2 Å². The van der Waals surface area contributed by atoms with Crippen molar-refractivity contribution in [2.24, 2.45) is 0 Å². The standard InChI is InChI=1S/C25H22ClN3O3S/c1-15-19(26)9-6-10-20(15)29-23(31)22-18-11-12-27(16(2)30)14-21(18)33-24(22)28(25(29)32)13-17-7-4-3-5-8-17/h3-10H,11-14H2,1-2H3. The lowest BCUT2D eigenvalue weighted by molar-refractivity contribution is -0.129. The van der Waals surface area contributed by atoms with E-state index in [2.05, 4.69) is 0 Å². The second-order valence-corrected chi connectivity index (χ2v) is 9.74. The highest BCUT2D eigenvalue weighted by molar-refractivity contribution is 7.18. The van der Waals surface area contributed by atoms with Crippen LogP contribution in [0.3, 0.4) is 0 Å². The molecule has 0 aliphatic carbocycles. The fourth-order valence-corrected chi connectivity index (χ4v) is 5.95. The minimum absolute atomic E-state index is 0.00625. The van der Waals surface area contributed by atoms with Gasteiger partial charge in [0.1, 0.15) is 4.83 Å². The number of hydrogen-bond acceptors (Lipinski definition) is 4. The molecule has 0 radical (unpaired) electrons. The zero-order valence-electron chi connectivity index (χ0n) is 18.3. The van der Waals surface area contributed by atoms with Crippen LogP contribution in [0.4, 0.5) is 0 Å². The lowest BCUT2D eigenvalue weighted by atomic mass is 10.1. The molecule has 5 rings (SSSR count). The van der Waals surface area contributed by atoms with E-state index in [1.165, 1.54) is 15.9 Å². The largest absolute Gasteiger partial charge is 0.337 e. The maximum absolute atomic E-state index is 13.8. The second kappa shape index (κ2) is 8.32. The molecule has 0 unspecified atom stereocenters. The molecule has 6 nitrogen and oxygen atoms in total. The molecule has 0 N–H and O–H groups in total.